The van der Waals surface area contributed by atoms with Gasteiger partial charge >= 0.3 is 11.8 Å². The predicted molar refractivity (Wildman–Crippen MR) is 80.2 cm³/mol. The molecule has 1 aromatic heterocycles. The summed E-state index contributed by atoms with van der Waals surface area (Å²) < 4.78 is 0. The maximum absolute atomic E-state index is 11.9. The second kappa shape index (κ2) is 6.32. The van der Waals surface area contributed by atoms with E-state index in [1.807, 2.05) is 13.0 Å². The third kappa shape index (κ3) is 3.76. The van der Waals surface area contributed by atoms with E-state index in [1.54, 1.807) is 19.1 Å². The molecule has 0 aliphatic rings. The van der Waals surface area contributed by atoms with E-state index < -0.39 is 11.8 Å². The van der Waals surface area contributed by atoms with Crippen LogP contribution in [-0.4, -0.2) is 21.8 Å². The number of rotatable bonds is 2. The normalized spacial score (nSPS) is 10.0. The lowest BCUT2D eigenvalue weighted by molar-refractivity contribution is -0.133. The highest BCUT2D eigenvalue weighted by atomic mass is 35.5. The minimum absolute atomic E-state index is 0.0596. The number of hydrogen-bond donors (Lipinski definition) is 2. The van der Waals surface area contributed by atoms with Gasteiger partial charge in [0.05, 0.1) is 10.7 Å². The highest BCUT2D eigenvalue weighted by Crippen LogP contribution is 2.27. The molecule has 2 amide bonds. The Bertz CT molecular complexity index is 666. The Morgan fingerprint density at radius 3 is 2.29 bits per heavy atom. The van der Waals surface area contributed by atoms with Crippen molar-refractivity contribution in [2.24, 2.45) is 0 Å². The summed E-state index contributed by atoms with van der Waals surface area (Å²) in [4.78, 5) is 31.2. The SMILES string of the molecule is Cc1cc(C)c(NC(=O)C(=O)Nc2ncccn2)c(Cl)c1. The van der Waals surface area contributed by atoms with Crippen LogP contribution in [0.15, 0.2) is 30.6 Å². The maximum Gasteiger partial charge on any atom is 0.316 e. The van der Waals surface area contributed by atoms with Crippen LogP contribution in [0.2, 0.25) is 5.02 Å². The number of anilines is 2. The Morgan fingerprint density at radius 2 is 1.67 bits per heavy atom. The fourth-order valence-electron chi connectivity index (χ4n) is 1.77. The van der Waals surface area contributed by atoms with E-state index >= 15 is 0 Å². The lowest BCUT2D eigenvalue weighted by atomic mass is 10.1. The molecule has 2 aromatic rings. The van der Waals surface area contributed by atoms with Crippen molar-refractivity contribution < 1.29 is 9.59 Å². The number of carbonyl (C=O) groups excluding carboxylic acids is 2. The Balaban J connectivity index is 2.10. The molecule has 0 unspecified atom stereocenters. The van der Waals surface area contributed by atoms with Gasteiger partial charge in [-0.3, -0.25) is 14.9 Å². The summed E-state index contributed by atoms with van der Waals surface area (Å²) in [7, 11) is 0. The zero-order valence-corrected chi connectivity index (χ0v) is 12.2. The average Bonchev–Trinajstić information content (AvgIpc) is 2.43. The number of benzene rings is 1. The van der Waals surface area contributed by atoms with E-state index in [2.05, 4.69) is 20.6 Å². The summed E-state index contributed by atoms with van der Waals surface area (Å²) in [5.74, 6) is -1.64. The first-order valence-corrected chi connectivity index (χ1v) is 6.51. The molecule has 0 spiro atoms. The van der Waals surface area contributed by atoms with E-state index in [0.717, 1.165) is 11.1 Å². The van der Waals surface area contributed by atoms with Crippen LogP contribution in [0.5, 0.6) is 0 Å². The molecule has 0 saturated heterocycles. The molecular formula is C14H13ClN4O2. The first-order valence-electron chi connectivity index (χ1n) is 6.13. The predicted octanol–water partition coefficient (Wildman–Crippen LogP) is 2.32. The van der Waals surface area contributed by atoms with Gasteiger partial charge in [-0.2, -0.15) is 0 Å². The molecule has 1 heterocycles. The van der Waals surface area contributed by atoms with E-state index in [0.29, 0.717) is 10.7 Å². The van der Waals surface area contributed by atoms with Crippen LogP contribution >= 0.6 is 11.6 Å². The van der Waals surface area contributed by atoms with Crippen LogP contribution in [0, 0.1) is 13.8 Å². The van der Waals surface area contributed by atoms with Gasteiger partial charge in [-0.05, 0) is 37.1 Å². The Hall–Kier alpha value is -2.47. The van der Waals surface area contributed by atoms with Crippen LogP contribution in [0.4, 0.5) is 11.6 Å². The summed E-state index contributed by atoms with van der Waals surface area (Å²) in [6.45, 7) is 3.69. The number of hydrogen-bond acceptors (Lipinski definition) is 4. The second-order valence-electron chi connectivity index (χ2n) is 4.42. The Kier molecular flexibility index (Phi) is 4.49. The Morgan fingerprint density at radius 1 is 1.05 bits per heavy atom. The molecule has 0 aliphatic carbocycles. The van der Waals surface area contributed by atoms with E-state index in [1.165, 1.54) is 12.4 Å². The standard InChI is InChI=1S/C14H13ClN4O2/c1-8-6-9(2)11(10(15)7-8)18-12(20)13(21)19-14-16-4-3-5-17-14/h3-7H,1-2H3,(H,18,20)(H,16,17,19,21). The van der Waals surface area contributed by atoms with Gasteiger partial charge < -0.3 is 5.32 Å². The Labute approximate surface area is 126 Å². The molecule has 1 aromatic carbocycles. The number of nitrogens with one attached hydrogen (secondary N) is 2. The largest absolute Gasteiger partial charge is 0.316 e. The summed E-state index contributed by atoms with van der Waals surface area (Å²) in [6.07, 6.45) is 2.92. The molecule has 6 nitrogen and oxygen atoms in total. The highest BCUT2D eigenvalue weighted by molar-refractivity contribution is 6.44. The molecule has 0 bridgehead atoms. The third-order valence-corrected chi connectivity index (χ3v) is 2.97. The zero-order chi connectivity index (χ0) is 15.4. The van der Waals surface area contributed by atoms with Gasteiger partial charge in [0.15, 0.2) is 0 Å². The van der Waals surface area contributed by atoms with E-state index in [-0.39, 0.29) is 5.95 Å². The molecule has 0 saturated carbocycles. The van der Waals surface area contributed by atoms with Gasteiger partial charge in [0.25, 0.3) is 0 Å². The van der Waals surface area contributed by atoms with Gasteiger partial charge in [-0.15, -0.1) is 0 Å². The number of halogens is 1. The van der Waals surface area contributed by atoms with Crippen molar-refractivity contribution in [1.82, 2.24) is 9.97 Å². The highest BCUT2D eigenvalue weighted by Gasteiger charge is 2.17. The van der Waals surface area contributed by atoms with E-state index in [4.69, 9.17) is 11.6 Å². The van der Waals surface area contributed by atoms with Crippen molar-refractivity contribution in [2.75, 3.05) is 10.6 Å². The van der Waals surface area contributed by atoms with Crippen LogP contribution in [0.1, 0.15) is 11.1 Å². The molecular weight excluding hydrogens is 292 g/mol. The van der Waals surface area contributed by atoms with Gasteiger partial charge in [0, 0.05) is 12.4 Å². The fraction of sp³-hybridized carbons (Fsp3) is 0.143. The average molecular weight is 305 g/mol. The molecule has 2 N–H and O–H groups in total. The van der Waals surface area contributed by atoms with Gasteiger partial charge in [0.2, 0.25) is 5.95 Å². The summed E-state index contributed by atoms with van der Waals surface area (Å²) >= 11 is 6.07. The number of carbonyl (C=O) groups is 2. The minimum Gasteiger partial charge on any atom is -0.316 e. The first kappa shape index (κ1) is 14.9. The molecule has 7 heteroatoms. The monoisotopic (exact) mass is 304 g/mol. The van der Waals surface area contributed by atoms with Crippen LogP contribution in [-0.2, 0) is 9.59 Å². The third-order valence-electron chi connectivity index (χ3n) is 2.67. The van der Waals surface area contributed by atoms with Gasteiger partial charge in [-0.1, -0.05) is 17.7 Å². The van der Waals surface area contributed by atoms with E-state index in [9.17, 15) is 9.59 Å². The molecule has 0 atom stereocenters. The smallest absolute Gasteiger partial charge is 0.316 e. The minimum atomic E-state index is -0.864. The van der Waals surface area contributed by atoms with Crippen molar-refractivity contribution in [3.05, 3.63) is 46.7 Å². The fourth-order valence-corrected chi connectivity index (χ4v) is 2.13. The zero-order valence-electron chi connectivity index (χ0n) is 11.5. The van der Waals surface area contributed by atoms with Crippen molar-refractivity contribution in [1.29, 1.82) is 0 Å². The van der Waals surface area contributed by atoms with Gasteiger partial charge in [0.1, 0.15) is 0 Å². The number of amides is 2. The molecule has 0 aliphatic heterocycles. The van der Waals surface area contributed by atoms with Crippen molar-refractivity contribution in [3.8, 4) is 0 Å². The molecule has 0 radical (unpaired) electrons. The number of aromatic nitrogens is 2. The quantitative estimate of drug-likeness (QED) is 0.834. The van der Waals surface area contributed by atoms with Crippen LogP contribution in [0.25, 0.3) is 0 Å². The van der Waals surface area contributed by atoms with Gasteiger partial charge in [-0.25, -0.2) is 9.97 Å². The maximum atomic E-state index is 11.9. The van der Waals surface area contributed by atoms with Crippen molar-refractivity contribution in [3.63, 3.8) is 0 Å². The van der Waals surface area contributed by atoms with Crippen LogP contribution < -0.4 is 10.6 Å². The molecule has 108 valence electrons. The lowest BCUT2D eigenvalue weighted by Gasteiger charge is -2.11. The summed E-state index contributed by atoms with van der Waals surface area (Å²) in [5, 5.41) is 5.16. The van der Waals surface area contributed by atoms with Crippen molar-refractivity contribution in [2.45, 2.75) is 13.8 Å². The molecule has 2 rings (SSSR count). The van der Waals surface area contributed by atoms with Crippen LogP contribution in [0.3, 0.4) is 0 Å². The van der Waals surface area contributed by atoms with Crippen molar-refractivity contribution >= 4 is 35.1 Å². The second-order valence-corrected chi connectivity index (χ2v) is 4.83. The summed E-state index contributed by atoms with van der Waals surface area (Å²) in [6, 6.07) is 5.17. The number of nitrogens with zero attached hydrogens (tertiary/aromatic N) is 2. The number of aryl methyl sites for hydroxylation is 2. The first-order chi connectivity index (χ1) is 9.97. The summed E-state index contributed by atoms with van der Waals surface area (Å²) in [5.41, 5.74) is 2.16. The lowest BCUT2D eigenvalue weighted by Crippen LogP contribution is -2.30. The topological polar surface area (TPSA) is 84.0 Å². The molecule has 21 heavy (non-hydrogen) atoms. The molecule has 0 fully saturated rings.